The first-order valence-corrected chi connectivity index (χ1v) is 13.9. The van der Waals surface area contributed by atoms with Crippen LogP contribution in [-0.2, 0) is 15.4 Å². The van der Waals surface area contributed by atoms with Crippen molar-refractivity contribution in [3.05, 3.63) is 42.9 Å². The molecule has 7 nitrogen and oxygen atoms in total. The number of aromatic nitrogens is 4. The van der Waals surface area contributed by atoms with Crippen LogP contribution < -0.4 is 4.74 Å². The van der Waals surface area contributed by atoms with Crippen molar-refractivity contribution in [2.75, 3.05) is 7.11 Å². The maximum Gasteiger partial charge on any atom is 0.229 e. The number of rotatable bonds is 11. The molecule has 0 fully saturated rings. The van der Waals surface area contributed by atoms with Gasteiger partial charge in [-0.15, -0.1) is 0 Å². The Balaban J connectivity index is 1.62. The SMILES string of the molecule is COc1ccc2c(c1)c(-c1cc3nccnc3[nH]1)cn2CCCC(C)(C)C(O[Si]C)O[Si]C. The van der Waals surface area contributed by atoms with Crippen LogP contribution in [-0.4, -0.2) is 52.4 Å². The fourth-order valence-corrected chi connectivity index (χ4v) is 5.44. The molecule has 0 spiro atoms. The molecule has 172 valence electrons. The third-order valence-corrected chi connectivity index (χ3v) is 6.85. The van der Waals surface area contributed by atoms with Gasteiger partial charge in [0.15, 0.2) is 5.65 Å². The lowest BCUT2D eigenvalue weighted by Crippen LogP contribution is -2.36. The Bertz CT molecular complexity index is 1180. The molecular formula is C24H30N4O3Si2. The van der Waals surface area contributed by atoms with Gasteiger partial charge in [-0.25, -0.2) is 4.98 Å². The fourth-order valence-electron chi connectivity index (χ4n) is 4.18. The van der Waals surface area contributed by atoms with Crippen molar-refractivity contribution in [3.63, 3.8) is 0 Å². The lowest BCUT2D eigenvalue weighted by molar-refractivity contribution is -0.0828. The highest BCUT2D eigenvalue weighted by Gasteiger charge is 2.30. The second-order valence-electron chi connectivity index (χ2n) is 8.66. The molecule has 9 heteroatoms. The zero-order valence-corrected chi connectivity index (χ0v) is 21.8. The summed E-state index contributed by atoms with van der Waals surface area (Å²) < 4.78 is 19.7. The number of benzene rings is 1. The smallest absolute Gasteiger partial charge is 0.229 e. The lowest BCUT2D eigenvalue weighted by Gasteiger charge is -2.34. The molecule has 0 unspecified atom stereocenters. The second kappa shape index (κ2) is 10.2. The van der Waals surface area contributed by atoms with Crippen LogP contribution in [0.4, 0.5) is 0 Å². The molecule has 3 aromatic heterocycles. The van der Waals surface area contributed by atoms with E-state index in [1.54, 1.807) is 19.5 Å². The average molecular weight is 479 g/mol. The third-order valence-electron chi connectivity index (χ3n) is 5.95. The summed E-state index contributed by atoms with van der Waals surface area (Å²) in [4.78, 5) is 12.2. The van der Waals surface area contributed by atoms with Gasteiger partial charge in [0.1, 0.15) is 17.6 Å². The molecule has 33 heavy (non-hydrogen) atoms. The first-order chi connectivity index (χ1) is 16.0. The lowest BCUT2D eigenvalue weighted by atomic mass is 9.87. The molecule has 0 aliphatic carbocycles. The van der Waals surface area contributed by atoms with Crippen LogP contribution in [0.1, 0.15) is 26.7 Å². The van der Waals surface area contributed by atoms with Crippen molar-refractivity contribution in [1.82, 2.24) is 19.5 Å². The monoisotopic (exact) mass is 478 g/mol. The number of hydrogen-bond acceptors (Lipinski definition) is 5. The third kappa shape index (κ3) is 5.06. The topological polar surface area (TPSA) is 74.2 Å². The van der Waals surface area contributed by atoms with Crippen LogP contribution in [0.5, 0.6) is 5.75 Å². The highest BCUT2D eigenvalue weighted by atomic mass is 28.2. The van der Waals surface area contributed by atoms with E-state index in [9.17, 15) is 0 Å². The summed E-state index contributed by atoms with van der Waals surface area (Å²) in [7, 11) is 2.53. The van der Waals surface area contributed by atoms with E-state index in [2.05, 4.69) is 57.8 Å². The number of H-pyrrole nitrogens is 1. The van der Waals surface area contributed by atoms with Gasteiger partial charge in [0.05, 0.1) is 12.8 Å². The molecule has 3 heterocycles. The van der Waals surface area contributed by atoms with Crippen molar-refractivity contribution >= 4 is 41.6 Å². The molecule has 4 rings (SSSR count). The summed E-state index contributed by atoms with van der Waals surface area (Å²) in [5.41, 5.74) is 4.89. The van der Waals surface area contributed by atoms with E-state index < -0.39 is 0 Å². The highest BCUT2D eigenvalue weighted by Crippen LogP contribution is 2.35. The highest BCUT2D eigenvalue weighted by molar-refractivity contribution is 6.26. The molecule has 0 atom stereocenters. The minimum Gasteiger partial charge on any atom is -0.497 e. The van der Waals surface area contributed by atoms with Gasteiger partial charge in [-0.2, -0.15) is 0 Å². The van der Waals surface area contributed by atoms with E-state index in [0.29, 0.717) is 19.5 Å². The molecule has 0 bridgehead atoms. The van der Waals surface area contributed by atoms with E-state index in [1.807, 2.05) is 19.2 Å². The summed E-state index contributed by atoms with van der Waals surface area (Å²) in [6, 6.07) is 8.30. The molecule has 0 saturated carbocycles. The summed E-state index contributed by atoms with van der Waals surface area (Å²) in [5, 5.41) is 1.14. The average Bonchev–Trinajstić information content (AvgIpc) is 3.40. The molecule has 0 amide bonds. The molecule has 0 aliphatic rings. The summed E-state index contributed by atoms with van der Waals surface area (Å²) in [6.45, 7) is 9.45. The number of nitrogens with zero attached hydrogens (tertiary/aromatic N) is 3. The minimum absolute atomic E-state index is 0.0600. The predicted molar refractivity (Wildman–Crippen MR) is 134 cm³/mol. The number of nitrogens with one attached hydrogen (secondary N) is 1. The largest absolute Gasteiger partial charge is 0.497 e. The molecule has 4 radical (unpaired) electrons. The van der Waals surface area contributed by atoms with Gasteiger partial charge in [-0.3, -0.25) is 4.98 Å². The van der Waals surface area contributed by atoms with Crippen molar-refractivity contribution in [2.24, 2.45) is 5.41 Å². The van der Waals surface area contributed by atoms with Crippen LogP contribution in [0, 0.1) is 5.41 Å². The van der Waals surface area contributed by atoms with Gasteiger partial charge in [0.25, 0.3) is 0 Å². The molecule has 4 aromatic rings. The number of aromatic amines is 1. The molecular weight excluding hydrogens is 448 g/mol. The van der Waals surface area contributed by atoms with Gasteiger partial charge >= 0.3 is 0 Å². The normalized spacial score (nSPS) is 12.3. The van der Waals surface area contributed by atoms with E-state index in [4.69, 9.17) is 13.6 Å². The van der Waals surface area contributed by atoms with Gasteiger partial charge in [-0.1, -0.05) is 13.8 Å². The minimum atomic E-state index is -0.170. The first-order valence-electron chi connectivity index (χ1n) is 11.1. The van der Waals surface area contributed by atoms with E-state index >= 15 is 0 Å². The van der Waals surface area contributed by atoms with E-state index in [1.165, 1.54) is 5.52 Å². The standard InChI is InChI=1S/C24H30N4O3Si2/c1-24(2,23(30-32-4)31-33-5)9-6-12-28-15-18(17-13-16(29-3)7-8-21(17)28)19-14-20-22(27-19)26-11-10-25-20/h7-8,10-11,13-15,23H,6,9,12H2,1-5H3,(H,26,27). The Labute approximate surface area is 199 Å². The maximum atomic E-state index is 5.91. The van der Waals surface area contributed by atoms with Crippen LogP contribution in [0.15, 0.2) is 42.9 Å². The number of fused-ring (bicyclic) bond motifs is 2. The fraction of sp³-hybridized carbons (Fsp3) is 0.417. The second-order valence-corrected chi connectivity index (χ2v) is 9.95. The number of hydrogen-bond donors (Lipinski definition) is 1. The van der Waals surface area contributed by atoms with E-state index in [-0.39, 0.29) is 11.7 Å². The first kappa shape index (κ1) is 23.7. The number of methoxy groups -OCH3 is 1. The summed E-state index contributed by atoms with van der Waals surface area (Å²) >= 11 is 0. The van der Waals surface area contributed by atoms with Gasteiger partial charge in [0, 0.05) is 47.0 Å². The zero-order chi connectivity index (χ0) is 23.4. The Morgan fingerprint density at radius 1 is 1.09 bits per heavy atom. The van der Waals surface area contributed by atoms with Crippen LogP contribution in [0.2, 0.25) is 13.1 Å². The Morgan fingerprint density at radius 3 is 2.55 bits per heavy atom. The van der Waals surface area contributed by atoms with Crippen molar-refractivity contribution in [2.45, 2.75) is 52.6 Å². The van der Waals surface area contributed by atoms with Crippen molar-refractivity contribution < 1.29 is 13.6 Å². The Hall–Kier alpha value is -2.47. The van der Waals surface area contributed by atoms with Crippen molar-refractivity contribution in [1.29, 1.82) is 0 Å². The van der Waals surface area contributed by atoms with E-state index in [0.717, 1.165) is 52.9 Å². The number of aryl methyl sites for hydroxylation is 1. The summed E-state index contributed by atoms with van der Waals surface area (Å²) in [6.07, 6.45) is 7.48. The van der Waals surface area contributed by atoms with Gasteiger partial charge < -0.3 is 23.1 Å². The van der Waals surface area contributed by atoms with Gasteiger partial charge in [0.2, 0.25) is 19.5 Å². The molecule has 0 saturated heterocycles. The molecule has 0 aliphatic heterocycles. The van der Waals surface area contributed by atoms with Crippen LogP contribution >= 0.6 is 0 Å². The predicted octanol–water partition coefficient (Wildman–Crippen LogP) is 5.09. The Kier molecular flexibility index (Phi) is 7.33. The van der Waals surface area contributed by atoms with Crippen LogP contribution in [0.3, 0.4) is 0 Å². The maximum absolute atomic E-state index is 5.91. The quantitative estimate of drug-likeness (QED) is 0.240. The number of ether oxygens (including phenoxy) is 1. The molecule has 1 aromatic carbocycles. The Morgan fingerprint density at radius 2 is 1.85 bits per heavy atom. The van der Waals surface area contributed by atoms with Crippen LogP contribution in [0.25, 0.3) is 33.3 Å². The summed E-state index contributed by atoms with van der Waals surface area (Å²) in [5.74, 6) is 0.841. The van der Waals surface area contributed by atoms with Crippen molar-refractivity contribution in [3.8, 4) is 17.0 Å². The van der Waals surface area contributed by atoms with Gasteiger partial charge in [-0.05, 0) is 50.2 Å². The zero-order valence-electron chi connectivity index (χ0n) is 19.8. The molecule has 1 N–H and O–H groups in total.